The maximum absolute atomic E-state index is 10.4. The third-order valence-electron chi connectivity index (χ3n) is 2.50. The number of carboxylic acid groups (broad SMARTS) is 2. The first-order valence-corrected chi connectivity index (χ1v) is 10.1. The minimum Gasteiger partial charge on any atom is -0.545 e. The van der Waals surface area contributed by atoms with Crippen molar-refractivity contribution >= 4 is 102 Å². The van der Waals surface area contributed by atoms with Crippen molar-refractivity contribution in [3.63, 3.8) is 0 Å². The molecule has 0 heterocycles. The van der Waals surface area contributed by atoms with Gasteiger partial charge in [0.2, 0.25) is 0 Å². The second-order valence-corrected chi connectivity index (χ2v) is 8.96. The zero-order valence-corrected chi connectivity index (χ0v) is 21.2. The molecule has 0 saturated carbocycles. The molecule has 2 aromatic rings. The first-order valence-electron chi connectivity index (χ1n) is 5.83. The van der Waals surface area contributed by atoms with Crippen LogP contribution in [0.1, 0.15) is 20.7 Å². The van der Waals surface area contributed by atoms with E-state index < -0.39 is 11.9 Å². The van der Waals surface area contributed by atoms with Crippen LogP contribution in [0.2, 0.25) is 0 Å². The topological polar surface area (TPSA) is 121 Å². The molecule has 2 N–H and O–H groups in total. The van der Waals surface area contributed by atoms with E-state index in [-0.39, 0.29) is 39.7 Å². The number of halogens is 4. The summed E-state index contributed by atoms with van der Waals surface area (Å²) in [7, 11) is 0. The number of hydrogen-bond donors (Lipinski definition) is 2. The predicted molar refractivity (Wildman–Crippen MR) is 116 cm³/mol. The van der Waals surface area contributed by atoms with Gasteiger partial charge < -0.3 is 30.0 Å². The summed E-state index contributed by atoms with van der Waals surface area (Å²) in [5.41, 5.74) is -0.322. The van der Waals surface area contributed by atoms with Gasteiger partial charge in [-0.15, -0.1) is 0 Å². The number of carbonyl (C=O) groups excluding carboxylic acids is 2. The molecule has 137 valence electrons. The molecule has 6 nitrogen and oxygen atoms in total. The Bertz CT molecular complexity index is 745. The summed E-state index contributed by atoms with van der Waals surface area (Å²) >= 11 is 7.67. The van der Waals surface area contributed by atoms with E-state index in [2.05, 4.69) is 0 Å². The third-order valence-corrected chi connectivity index (χ3v) is 5.39. The van der Waals surface area contributed by atoms with Crippen molar-refractivity contribution in [2.75, 3.05) is 0 Å². The Balaban J connectivity index is 0.000000443. The molecule has 0 fully saturated rings. The SMILES string of the molecule is O=C([O-])c1cc(I)cc(I)c1O.O=C([O-])c1cc(I)cc(I)c1O.[Cu+2]. The fourth-order valence-corrected chi connectivity index (χ4v) is 5.13. The molecule has 0 saturated heterocycles. The fraction of sp³-hybridized carbons (Fsp3) is 0. The Labute approximate surface area is 207 Å². The van der Waals surface area contributed by atoms with Gasteiger partial charge in [-0.1, -0.05) is 0 Å². The fourth-order valence-electron chi connectivity index (χ4n) is 1.44. The number of aromatic carboxylic acids is 2. The van der Waals surface area contributed by atoms with E-state index >= 15 is 0 Å². The van der Waals surface area contributed by atoms with E-state index in [1.54, 1.807) is 12.1 Å². The molecule has 0 atom stereocenters. The number of phenols is 2. The summed E-state index contributed by atoms with van der Waals surface area (Å²) < 4.78 is 2.54. The van der Waals surface area contributed by atoms with Crippen molar-refractivity contribution in [1.82, 2.24) is 0 Å². The number of aromatic hydroxyl groups is 2. The van der Waals surface area contributed by atoms with E-state index in [9.17, 15) is 30.0 Å². The maximum atomic E-state index is 10.4. The van der Waals surface area contributed by atoms with Crippen LogP contribution in [0.4, 0.5) is 0 Å². The quantitative estimate of drug-likeness (QED) is 0.353. The van der Waals surface area contributed by atoms with Crippen molar-refractivity contribution in [2.45, 2.75) is 0 Å². The standard InChI is InChI=1S/2C7H4I2O3.Cu/c2*8-3-1-4(7(11)12)6(10)5(9)2-3;/h2*1-2,10H,(H,11,12);/q;;+2/p-2. The van der Waals surface area contributed by atoms with Gasteiger partial charge in [0.15, 0.2) is 0 Å². The third kappa shape index (κ3) is 7.51. The number of benzene rings is 2. The molecule has 0 amide bonds. The van der Waals surface area contributed by atoms with Crippen molar-refractivity contribution in [3.05, 3.63) is 49.7 Å². The van der Waals surface area contributed by atoms with Crippen LogP contribution in [0.3, 0.4) is 0 Å². The van der Waals surface area contributed by atoms with Gasteiger partial charge in [0.1, 0.15) is 11.5 Å². The van der Waals surface area contributed by atoms with Crippen LogP contribution in [-0.2, 0) is 17.1 Å². The van der Waals surface area contributed by atoms with Crippen molar-refractivity contribution < 1.29 is 47.1 Å². The van der Waals surface area contributed by atoms with Crippen molar-refractivity contribution in [1.29, 1.82) is 0 Å². The second kappa shape index (κ2) is 11.3. The molecule has 0 aliphatic rings. The minimum absolute atomic E-state index is 0. The second-order valence-electron chi connectivity index (χ2n) is 4.14. The monoisotopic (exact) mass is 841 g/mol. The largest absolute Gasteiger partial charge is 2.00 e. The Morgan fingerprint density at radius 2 is 1.00 bits per heavy atom. The van der Waals surface area contributed by atoms with Crippen LogP contribution in [0.25, 0.3) is 0 Å². The first kappa shape index (κ1) is 25.4. The predicted octanol–water partition coefficient (Wildman–Crippen LogP) is 1.93. The smallest absolute Gasteiger partial charge is 0.545 e. The molecule has 1 radical (unpaired) electrons. The number of carboxylic acids is 2. The van der Waals surface area contributed by atoms with E-state index in [1.165, 1.54) is 12.1 Å². The van der Waals surface area contributed by atoms with E-state index in [0.717, 1.165) is 7.14 Å². The van der Waals surface area contributed by atoms with Gasteiger partial charge in [-0.3, -0.25) is 0 Å². The number of carbonyl (C=O) groups is 2. The van der Waals surface area contributed by atoms with Gasteiger partial charge in [-0.25, -0.2) is 0 Å². The van der Waals surface area contributed by atoms with Crippen molar-refractivity contribution in [3.8, 4) is 11.5 Å². The average molecular weight is 841 g/mol. The Morgan fingerprint density at radius 1 is 0.720 bits per heavy atom. The summed E-state index contributed by atoms with van der Waals surface area (Å²) in [5.74, 6) is -3.17. The van der Waals surface area contributed by atoms with E-state index in [0.29, 0.717) is 7.14 Å². The molecular weight excluding hydrogens is 835 g/mol. The summed E-state index contributed by atoms with van der Waals surface area (Å²) in [6.45, 7) is 0. The molecule has 2 aromatic carbocycles. The molecule has 0 aliphatic heterocycles. The van der Waals surface area contributed by atoms with Gasteiger partial charge in [0.25, 0.3) is 0 Å². The summed E-state index contributed by atoms with van der Waals surface area (Å²) in [6, 6.07) is 6.10. The zero-order valence-electron chi connectivity index (χ0n) is 11.7. The molecule has 0 aliphatic carbocycles. The molecule has 11 heteroatoms. The summed E-state index contributed by atoms with van der Waals surface area (Å²) in [6.07, 6.45) is 0. The minimum atomic E-state index is -1.36. The zero-order chi connectivity index (χ0) is 18.6. The summed E-state index contributed by atoms with van der Waals surface area (Å²) in [5, 5.41) is 39.4. The van der Waals surface area contributed by atoms with Gasteiger partial charge in [0.05, 0.1) is 19.1 Å². The molecule has 25 heavy (non-hydrogen) atoms. The average Bonchev–Trinajstić information content (AvgIpc) is 2.46. The molecule has 0 aromatic heterocycles. The maximum Gasteiger partial charge on any atom is 2.00 e. The van der Waals surface area contributed by atoms with Gasteiger partial charge in [-0.2, -0.15) is 0 Å². The van der Waals surface area contributed by atoms with Crippen molar-refractivity contribution in [2.24, 2.45) is 0 Å². The van der Waals surface area contributed by atoms with Gasteiger partial charge >= 0.3 is 17.1 Å². The van der Waals surface area contributed by atoms with Crippen LogP contribution >= 0.6 is 90.4 Å². The Morgan fingerprint density at radius 3 is 1.24 bits per heavy atom. The Kier molecular flexibility index (Phi) is 11.5. The van der Waals surface area contributed by atoms with Crippen LogP contribution in [0.5, 0.6) is 11.5 Å². The van der Waals surface area contributed by atoms with Gasteiger partial charge in [-0.05, 0) is 115 Å². The molecule has 2 rings (SSSR count). The van der Waals surface area contributed by atoms with E-state index in [1.807, 2.05) is 90.4 Å². The van der Waals surface area contributed by atoms with Crippen LogP contribution in [0.15, 0.2) is 24.3 Å². The van der Waals surface area contributed by atoms with Crippen LogP contribution in [0, 0.1) is 14.3 Å². The molecule has 0 bridgehead atoms. The van der Waals surface area contributed by atoms with Crippen LogP contribution < -0.4 is 10.2 Å². The van der Waals surface area contributed by atoms with Gasteiger partial charge in [0, 0.05) is 18.3 Å². The molecular formula is C14H6CuI4O6. The normalized spacial score (nSPS) is 9.44. The number of hydrogen-bond acceptors (Lipinski definition) is 6. The first-order chi connectivity index (χ1) is 11.0. The molecule has 0 unspecified atom stereocenters. The Hall–Kier alpha value is 0.419. The van der Waals surface area contributed by atoms with Crippen LogP contribution in [-0.4, -0.2) is 22.2 Å². The van der Waals surface area contributed by atoms with E-state index in [4.69, 9.17) is 0 Å². The summed E-state index contributed by atoms with van der Waals surface area (Å²) in [4.78, 5) is 20.9. The molecule has 0 spiro atoms. The number of rotatable bonds is 2.